The number of nitrogens with two attached hydrogens (primary N) is 1. The second kappa shape index (κ2) is 5.66. The van der Waals surface area contributed by atoms with Gasteiger partial charge in [0.15, 0.2) is 5.75 Å². The van der Waals surface area contributed by atoms with Crippen LogP contribution in [0.25, 0.3) is 0 Å². The number of hydrogen-bond acceptors (Lipinski definition) is 3. The first-order valence-electron chi connectivity index (χ1n) is 6.59. The number of rotatable bonds is 3. The molecule has 20 heavy (non-hydrogen) atoms. The minimum atomic E-state index is 0.482. The van der Waals surface area contributed by atoms with Gasteiger partial charge in [-0.1, -0.05) is 19.9 Å². The fraction of sp³-hybridized carbons (Fsp3) is 0.235. The van der Waals surface area contributed by atoms with Crippen molar-refractivity contribution < 1.29 is 4.74 Å². The molecule has 0 aliphatic carbocycles. The lowest BCUT2D eigenvalue weighted by Gasteiger charge is -2.13. The largest absolute Gasteiger partial charge is 0.455 e. The van der Waals surface area contributed by atoms with E-state index in [9.17, 15) is 0 Å². The first-order valence-corrected chi connectivity index (χ1v) is 6.59. The molecule has 0 unspecified atom stereocenters. The van der Waals surface area contributed by atoms with E-state index in [4.69, 9.17) is 15.7 Å². The van der Waals surface area contributed by atoms with Crippen LogP contribution in [0.4, 0.5) is 5.69 Å². The first kappa shape index (κ1) is 14.0. The number of nitrogens with zero attached hydrogens (tertiary/aromatic N) is 1. The van der Waals surface area contributed by atoms with Gasteiger partial charge in [-0.2, -0.15) is 5.26 Å². The summed E-state index contributed by atoms with van der Waals surface area (Å²) in [5.74, 6) is 1.73. The summed E-state index contributed by atoms with van der Waals surface area (Å²) in [5, 5.41) is 8.91. The van der Waals surface area contributed by atoms with Crippen molar-refractivity contribution >= 4 is 5.69 Å². The van der Waals surface area contributed by atoms with Gasteiger partial charge in [0, 0.05) is 6.07 Å². The van der Waals surface area contributed by atoms with Crippen LogP contribution in [0.3, 0.4) is 0 Å². The highest BCUT2D eigenvalue weighted by molar-refractivity contribution is 5.57. The highest BCUT2D eigenvalue weighted by atomic mass is 16.5. The minimum Gasteiger partial charge on any atom is -0.455 e. The van der Waals surface area contributed by atoms with E-state index < -0.39 is 0 Å². The van der Waals surface area contributed by atoms with Gasteiger partial charge >= 0.3 is 0 Å². The zero-order chi connectivity index (χ0) is 14.7. The molecule has 2 aromatic carbocycles. The lowest BCUT2D eigenvalue weighted by atomic mass is 9.98. The normalized spacial score (nSPS) is 10.3. The third-order valence-corrected chi connectivity index (χ3v) is 3.23. The van der Waals surface area contributed by atoms with Crippen molar-refractivity contribution in [1.82, 2.24) is 0 Å². The number of ether oxygens (including phenoxy) is 1. The second-order valence-corrected chi connectivity index (χ2v) is 5.14. The number of anilines is 1. The Balaban J connectivity index is 2.31. The molecule has 0 saturated carbocycles. The van der Waals surface area contributed by atoms with Crippen molar-refractivity contribution in [2.75, 3.05) is 5.73 Å². The van der Waals surface area contributed by atoms with Crippen molar-refractivity contribution in [1.29, 1.82) is 5.26 Å². The summed E-state index contributed by atoms with van der Waals surface area (Å²) in [6, 6.07) is 13.1. The Kier molecular flexibility index (Phi) is 3.95. The summed E-state index contributed by atoms with van der Waals surface area (Å²) in [6.45, 7) is 6.39. The molecule has 0 radical (unpaired) electrons. The molecule has 2 rings (SSSR count). The van der Waals surface area contributed by atoms with Crippen LogP contribution >= 0.6 is 0 Å². The SMILES string of the molecule is Cc1cc(Oc2cc(C#N)ccc2N)ccc1C(C)C. The molecular weight excluding hydrogens is 248 g/mol. The standard InChI is InChI=1S/C17H18N2O/c1-11(2)15-6-5-14(8-12(15)3)20-17-9-13(10-18)4-7-16(17)19/h4-9,11H,19H2,1-3H3. The summed E-state index contributed by atoms with van der Waals surface area (Å²) >= 11 is 0. The molecule has 102 valence electrons. The first-order chi connectivity index (χ1) is 9.51. The number of hydrogen-bond donors (Lipinski definition) is 1. The predicted octanol–water partition coefficient (Wildman–Crippen LogP) is 4.36. The lowest BCUT2D eigenvalue weighted by molar-refractivity contribution is 0.484. The van der Waals surface area contributed by atoms with Crippen LogP contribution in [0.15, 0.2) is 36.4 Å². The molecule has 0 bridgehead atoms. The van der Waals surface area contributed by atoms with Crippen molar-refractivity contribution in [3.8, 4) is 17.6 Å². The summed E-state index contributed by atoms with van der Waals surface area (Å²) in [7, 11) is 0. The van der Waals surface area contributed by atoms with Gasteiger partial charge in [-0.05, 0) is 48.2 Å². The molecule has 0 amide bonds. The molecular formula is C17H18N2O. The third kappa shape index (κ3) is 2.92. The van der Waals surface area contributed by atoms with Gasteiger partial charge in [0.05, 0.1) is 17.3 Å². The maximum absolute atomic E-state index is 8.91. The van der Waals surface area contributed by atoms with Gasteiger partial charge in [-0.15, -0.1) is 0 Å². The van der Waals surface area contributed by atoms with Gasteiger partial charge in [0.25, 0.3) is 0 Å². The average Bonchev–Trinajstić information content (AvgIpc) is 2.41. The summed E-state index contributed by atoms with van der Waals surface area (Å²) < 4.78 is 5.79. The van der Waals surface area contributed by atoms with Crippen LogP contribution in [-0.4, -0.2) is 0 Å². The highest BCUT2D eigenvalue weighted by Gasteiger charge is 2.07. The molecule has 0 aliphatic heterocycles. The fourth-order valence-corrected chi connectivity index (χ4v) is 2.18. The predicted molar refractivity (Wildman–Crippen MR) is 80.9 cm³/mol. The fourth-order valence-electron chi connectivity index (χ4n) is 2.18. The van der Waals surface area contributed by atoms with E-state index in [0.717, 1.165) is 5.75 Å². The number of nitriles is 1. The zero-order valence-corrected chi connectivity index (χ0v) is 12.0. The van der Waals surface area contributed by atoms with Crippen molar-refractivity contribution in [3.63, 3.8) is 0 Å². The van der Waals surface area contributed by atoms with Crippen LogP contribution in [0.2, 0.25) is 0 Å². The van der Waals surface area contributed by atoms with Crippen LogP contribution in [-0.2, 0) is 0 Å². The van der Waals surface area contributed by atoms with Crippen LogP contribution < -0.4 is 10.5 Å². The molecule has 0 spiro atoms. The maximum atomic E-state index is 8.91. The summed E-state index contributed by atoms with van der Waals surface area (Å²) in [6.07, 6.45) is 0. The molecule has 2 aromatic rings. The van der Waals surface area contributed by atoms with Gasteiger partial charge in [-0.25, -0.2) is 0 Å². The molecule has 0 saturated heterocycles. The lowest BCUT2D eigenvalue weighted by Crippen LogP contribution is -1.95. The van der Waals surface area contributed by atoms with Crippen LogP contribution in [0.5, 0.6) is 11.5 Å². The molecule has 3 nitrogen and oxygen atoms in total. The van der Waals surface area contributed by atoms with Crippen LogP contribution in [0.1, 0.15) is 36.5 Å². The molecule has 0 aromatic heterocycles. The topological polar surface area (TPSA) is 59.0 Å². The Hall–Kier alpha value is -2.47. The molecule has 3 heteroatoms. The van der Waals surface area contributed by atoms with E-state index in [-0.39, 0.29) is 0 Å². The smallest absolute Gasteiger partial charge is 0.151 e. The van der Waals surface area contributed by atoms with E-state index in [1.165, 1.54) is 11.1 Å². The second-order valence-electron chi connectivity index (χ2n) is 5.14. The Bertz CT molecular complexity index is 669. The van der Waals surface area contributed by atoms with E-state index >= 15 is 0 Å². The number of nitrogen functional groups attached to an aromatic ring is 1. The van der Waals surface area contributed by atoms with E-state index in [0.29, 0.717) is 22.9 Å². The summed E-state index contributed by atoms with van der Waals surface area (Å²) in [4.78, 5) is 0. The Morgan fingerprint density at radius 2 is 1.90 bits per heavy atom. The number of benzene rings is 2. The zero-order valence-electron chi connectivity index (χ0n) is 12.0. The van der Waals surface area contributed by atoms with E-state index in [1.807, 2.05) is 12.1 Å². The molecule has 0 aliphatic rings. The van der Waals surface area contributed by atoms with Crippen molar-refractivity contribution in [2.45, 2.75) is 26.7 Å². The Morgan fingerprint density at radius 3 is 2.50 bits per heavy atom. The van der Waals surface area contributed by atoms with E-state index in [1.54, 1.807) is 18.2 Å². The highest BCUT2D eigenvalue weighted by Crippen LogP contribution is 2.30. The Morgan fingerprint density at radius 1 is 1.15 bits per heavy atom. The van der Waals surface area contributed by atoms with Gasteiger partial charge < -0.3 is 10.5 Å². The van der Waals surface area contributed by atoms with Crippen molar-refractivity contribution in [2.24, 2.45) is 0 Å². The molecule has 0 heterocycles. The Labute approximate surface area is 119 Å². The quantitative estimate of drug-likeness (QED) is 0.839. The molecule has 0 fully saturated rings. The summed E-state index contributed by atoms with van der Waals surface area (Å²) in [5.41, 5.74) is 9.42. The maximum Gasteiger partial charge on any atom is 0.151 e. The van der Waals surface area contributed by atoms with Gasteiger partial charge in [0.2, 0.25) is 0 Å². The average molecular weight is 266 g/mol. The van der Waals surface area contributed by atoms with Gasteiger partial charge in [0.1, 0.15) is 5.75 Å². The monoisotopic (exact) mass is 266 g/mol. The minimum absolute atomic E-state index is 0.482. The van der Waals surface area contributed by atoms with Gasteiger partial charge in [-0.3, -0.25) is 0 Å². The third-order valence-electron chi connectivity index (χ3n) is 3.23. The van der Waals surface area contributed by atoms with Crippen molar-refractivity contribution in [3.05, 3.63) is 53.1 Å². The number of aryl methyl sites for hydroxylation is 1. The molecule has 0 atom stereocenters. The van der Waals surface area contributed by atoms with Crippen LogP contribution in [0, 0.1) is 18.3 Å². The van der Waals surface area contributed by atoms with E-state index in [2.05, 4.69) is 32.9 Å². The molecule has 2 N–H and O–H groups in total.